The van der Waals surface area contributed by atoms with Gasteiger partial charge in [-0.1, -0.05) is 30.3 Å². The number of nitrogens with zero attached hydrogens (tertiary/aromatic N) is 2. The smallest absolute Gasteiger partial charge is 0.150 e. The van der Waals surface area contributed by atoms with Crippen LogP contribution in [0.15, 0.2) is 54.9 Å². The van der Waals surface area contributed by atoms with Crippen LogP contribution in [0.3, 0.4) is 0 Å². The Kier molecular flexibility index (Phi) is 2.65. The zero-order valence-corrected chi connectivity index (χ0v) is 9.78. The van der Waals surface area contributed by atoms with E-state index in [-0.39, 0.29) is 0 Å². The van der Waals surface area contributed by atoms with Crippen LogP contribution >= 0.6 is 0 Å². The van der Waals surface area contributed by atoms with E-state index >= 15 is 0 Å². The largest absolute Gasteiger partial charge is 0.326 e. The highest BCUT2D eigenvalue weighted by Gasteiger charge is 2.02. The maximum atomic E-state index is 10.8. The fraction of sp³-hybridized carbons (Fsp3) is 0.0667. The highest BCUT2D eigenvalue weighted by Crippen LogP contribution is 2.14. The molecule has 18 heavy (non-hydrogen) atoms. The van der Waals surface area contributed by atoms with E-state index in [1.165, 1.54) is 0 Å². The molecule has 3 aromatic rings. The number of aromatic nitrogens is 2. The van der Waals surface area contributed by atoms with E-state index in [1.807, 2.05) is 54.9 Å². The number of hydrogen-bond donors (Lipinski definition) is 0. The van der Waals surface area contributed by atoms with E-state index in [0.717, 1.165) is 29.4 Å². The zero-order chi connectivity index (χ0) is 12.4. The lowest BCUT2D eigenvalue weighted by Gasteiger charge is -2.05. The van der Waals surface area contributed by atoms with Crippen molar-refractivity contribution in [3.05, 3.63) is 66.0 Å². The van der Waals surface area contributed by atoms with Crippen molar-refractivity contribution in [3.63, 3.8) is 0 Å². The van der Waals surface area contributed by atoms with Crippen molar-refractivity contribution in [2.45, 2.75) is 6.54 Å². The summed E-state index contributed by atoms with van der Waals surface area (Å²) in [6, 6.07) is 15.7. The summed E-state index contributed by atoms with van der Waals surface area (Å²) in [4.78, 5) is 15.1. The van der Waals surface area contributed by atoms with Gasteiger partial charge in [0.05, 0.1) is 17.4 Å². The molecule has 0 N–H and O–H groups in total. The number of rotatable bonds is 3. The summed E-state index contributed by atoms with van der Waals surface area (Å²) >= 11 is 0. The van der Waals surface area contributed by atoms with Crippen LogP contribution in [0.1, 0.15) is 15.9 Å². The van der Waals surface area contributed by atoms with Crippen LogP contribution in [0.25, 0.3) is 11.0 Å². The van der Waals surface area contributed by atoms with Gasteiger partial charge in [-0.3, -0.25) is 4.79 Å². The quantitative estimate of drug-likeness (QED) is 0.655. The van der Waals surface area contributed by atoms with E-state index in [9.17, 15) is 4.79 Å². The molecular formula is C15H12N2O. The first kappa shape index (κ1) is 10.7. The van der Waals surface area contributed by atoms with Gasteiger partial charge < -0.3 is 4.57 Å². The summed E-state index contributed by atoms with van der Waals surface area (Å²) in [6.45, 7) is 0.724. The standard InChI is InChI=1S/C15H12N2O/c18-10-13-5-3-4-12(8-13)9-17-11-16-14-6-1-2-7-15(14)17/h1-8,10-11H,9H2. The third-order valence-electron chi connectivity index (χ3n) is 2.97. The summed E-state index contributed by atoms with van der Waals surface area (Å²) in [7, 11) is 0. The zero-order valence-electron chi connectivity index (χ0n) is 9.78. The topological polar surface area (TPSA) is 34.9 Å². The van der Waals surface area contributed by atoms with E-state index in [1.54, 1.807) is 0 Å². The van der Waals surface area contributed by atoms with E-state index in [4.69, 9.17) is 0 Å². The van der Waals surface area contributed by atoms with Crippen LogP contribution in [0, 0.1) is 0 Å². The molecule has 0 saturated heterocycles. The molecule has 0 fully saturated rings. The van der Waals surface area contributed by atoms with Crippen LogP contribution in [0.4, 0.5) is 0 Å². The second-order valence-electron chi connectivity index (χ2n) is 4.22. The Bertz CT molecular complexity index is 700. The van der Waals surface area contributed by atoms with Crippen LogP contribution < -0.4 is 0 Å². The molecule has 2 aromatic carbocycles. The Morgan fingerprint density at radius 1 is 1.11 bits per heavy atom. The van der Waals surface area contributed by atoms with Gasteiger partial charge in [-0.25, -0.2) is 4.98 Å². The summed E-state index contributed by atoms with van der Waals surface area (Å²) in [5.74, 6) is 0. The minimum absolute atomic E-state index is 0.705. The Balaban J connectivity index is 1.98. The molecule has 0 bridgehead atoms. The molecule has 88 valence electrons. The molecule has 3 nitrogen and oxygen atoms in total. The summed E-state index contributed by atoms with van der Waals surface area (Å²) in [5.41, 5.74) is 3.90. The third-order valence-corrected chi connectivity index (χ3v) is 2.97. The lowest BCUT2D eigenvalue weighted by Crippen LogP contribution is -1.98. The molecule has 0 aliphatic heterocycles. The van der Waals surface area contributed by atoms with Crippen LogP contribution in [-0.4, -0.2) is 15.8 Å². The van der Waals surface area contributed by atoms with Gasteiger partial charge in [0.25, 0.3) is 0 Å². The van der Waals surface area contributed by atoms with Crippen molar-refractivity contribution in [3.8, 4) is 0 Å². The highest BCUT2D eigenvalue weighted by molar-refractivity contribution is 5.76. The number of para-hydroxylation sites is 2. The molecule has 1 heterocycles. The molecule has 3 heteroatoms. The second-order valence-corrected chi connectivity index (χ2v) is 4.22. The number of fused-ring (bicyclic) bond motifs is 1. The fourth-order valence-corrected chi connectivity index (χ4v) is 2.10. The highest BCUT2D eigenvalue weighted by atomic mass is 16.1. The number of imidazole rings is 1. The molecule has 0 aliphatic rings. The molecule has 1 aromatic heterocycles. The van der Waals surface area contributed by atoms with Crippen LogP contribution in [-0.2, 0) is 6.54 Å². The molecule has 0 unspecified atom stereocenters. The van der Waals surface area contributed by atoms with Crippen molar-refractivity contribution >= 4 is 17.3 Å². The van der Waals surface area contributed by atoms with Gasteiger partial charge in [0.2, 0.25) is 0 Å². The van der Waals surface area contributed by atoms with Gasteiger partial charge in [-0.2, -0.15) is 0 Å². The number of hydrogen-bond acceptors (Lipinski definition) is 2. The van der Waals surface area contributed by atoms with Crippen molar-refractivity contribution in [1.29, 1.82) is 0 Å². The maximum Gasteiger partial charge on any atom is 0.150 e. The molecule has 0 aliphatic carbocycles. The van der Waals surface area contributed by atoms with Gasteiger partial charge in [-0.15, -0.1) is 0 Å². The molecule has 0 spiro atoms. The summed E-state index contributed by atoms with van der Waals surface area (Å²) in [5, 5.41) is 0. The van der Waals surface area contributed by atoms with Gasteiger partial charge in [0.15, 0.2) is 0 Å². The average Bonchev–Trinajstić information content (AvgIpc) is 2.83. The summed E-state index contributed by atoms with van der Waals surface area (Å²) < 4.78 is 2.08. The van der Waals surface area contributed by atoms with Crippen molar-refractivity contribution in [2.24, 2.45) is 0 Å². The van der Waals surface area contributed by atoms with Crippen LogP contribution in [0.5, 0.6) is 0 Å². The third kappa shape index (κ3) is 1.91. The minimum atomic E-state index is 0.705. The molecule has 0 saturated carbocycles. The monoisotopic (exact) mass is 236 g/mol. The number of carbonyl (C=O) groups is 1. The minimum Gasteiger partial charge on any atom is -0.326 e. The Labute approximate surface area is 105 Å². The van der Waals surface area contributed by atoms with Gasteiger partial charge in [-0.05, 0) is 23.8 Å². The molecule has 3 rings (SSSR count). The second kappa shape index (κ2) is 4.45. The lowest BCUT2D eigenvalue weighted by molar-refractivity contribution is 0.112. The van der Waals surface area contributed by atoms with Gasteiger partial charge in [0, 0.05) is 12.1 Å². The molecule has 0 atom stereocenters. The first-order valence-electron chi connectivity index (χ1n) is 5.81. The Morgan fingerprint density at radius 2 is 2.00 bits per heavy atom. The first-order chi connectivity index (χ1) is 8.86. The first-order valence-corrected chi connectivity index (χ1v) is 5.81. The SMILES string of the molecule is O=Cc1cccc(Cn2cnc3ccccc32)c1. The predicted octanol–water partition coefficient (Wildman–Crippen LogP) is 2.90. The number of benzene rings is 2. The predicted molar refractivity (Wildman–Crippen MR) is 70.7 cm³/mol. The molecular weight excluding hydrogens is 224 g/mol. The number of aldehydes is 1. The maximum absolute atomic E-state index is 10.8. The fourth-order valence-electron chi connectivity index (χ4n) is 2.10. The molecule has 0 radical (unpaired) electrons. The van der Waals surface area contributed by atoms with E-state index < -0.39 is 0 Å². The van der Waals surface area contributed by atoms with Crippen molar-refractivity contribution in [2.75, 3.05) is 0 Å². The van der Waals surface area contributed by atoms with Gasteiger partial charge in [0.1, 0.15) is 6.29 Å². The molecule has 0 amide bonds. The van der Waals surface area contributed by atoms with Gasteiger partial charge >= 0.3 is 0 Å². The summed E-state index contributed by atoms with van der Waals surface area (Å²) in [6.07, 6.45) is 2.70. The van der Waals surface area contributed by atoms with Crippen molar-refractivity contribution in [1.82, 2.24) is 9.55 Å². The van der Waals surface area contributed by atoms with Crippen molar-refractivity contribution < 1.29 is 4.79 Å². The number of carbonyl (C=O) groups excluding carboxylic acids is 1. The van der Waals surface area contributed by atoms with Crippen LogP contribution in [0.2, 0.25) is 0 Å². The van der Waals surface area contributed by atoms with E-state index in [0.29, 0.717) is 5.56 Å². The average molecular weight is 236 g/mol. The normalized spacial score (nSPS) is 10.7. The Hall–Kier alpha value is -2.42. The lowest BCUT2D eigenvalue weighted by atomic mass is 10.1. The van der Waals surface area contributed by atoms with E-state index in [2.05, 4.69) is 9.55 Å². The Morgan fingerprint density at radius 3 is 2.89 bits per heavy atom.